The standard InChI is InChI=1S/C31H36N4O3.C2H2/c1-6-11-25-21(2)24(20-32(25)3)29-28(22-12-7-8-13-23(22)30(36)33(29)4)31(37)35-18-16-34(17-19-35)26-14-9-10-15-27(26)38-5;1-2/h6-15,20,28-29H,16-19H2,1-5H3;1-2H/b11-6-;. The Balaban J connectivity index is 0.00000181. The maximum atomic E-state index is 14.4. The van der Waals surface area contributed by atoms with E-state index in [1.54, 1.807) is 12.0 Å². The molecule has 2 aromatic carbocycles. The van der Waals surface area contributed by atoms with Gasteiger partial charge in [0.25, 0.3) is 5.91 Å². The Hall–Kier alpha value is -4.44. The van der Waals surface area contributed by atoms with Crippen LogP contribution in [0.25, 0.3) is 6.08 Å². The molecule has 2 aliphatic rings. The Morgan fingerprint density at radius 3 is 2.30 bits per heavy atom. The summed E-state index contributed by atoms with van der Waals surface area (Å²) < 4.78 is 7.65. The van der Waals surface area contributed by atoms with Crippen molar-refractivity contribution < 1.29 is 14.3 Å². The van der Waals surface area contributed by atoms with Crippen LogP contribution >= 0.6 is 0 Å². The van der Waals surface area contributed by atoms with E-state index in [1.165, 1.54) is 0 Å². The number of carbonyl (C=O) groups is 2. The van der Waals surface area contributed by atoms with Crippen LogP contribution in [0.15, 0.2) is 60.8 Å². The summed E-state index contributed by atoms with van der Waals surface area (Å²) in [5.74, 6) is 0.375. The van der Waals surface area contributed by atoms with Crippen molar-refractivity contribution in [1.29, 1.82) is 0 Å². The normalized spacial score (nSPS) is 18.8. The topological polar surface area (TPSA) is 58.0 Å². The predicted molar refractivity (Wildman–Crippen MR) is 161 cm³/mol. The molecule has 7 nitrogen and oxygen atoms in total. The second kappa shape index (κ2) is 12.2. The van der Waals surface area contributed by atoms with Crippen LogP contribution in [0.2, 0.25) is 0 Å². The molecule has 2 atom stereocenters. The highest BCUT2D eigenvalue weighted by Crippen LogP contribution is 2.45. The average molecular weight is 539 g/mol. The number of aromatic nitrogens is 1. The van der Waals surface area contributed by atoms with Gasteiger partial charge in [0.2, 0.25) is 5.91 Å². The third-order valence-electron chi connectivity index (χ3n) is 8.04. The minimum Gasteiger partial charge on any atom is -0.495 e. The summed E-state index contributed by atoms with van der Waals surface area (Å²) in [4.78, 5) is 33.9. The van der Waals surface area contributed by atoms with E-state index in [2.05, 4.69) is 47.6 Å². The molecule has 40 heavy (non-hydrogen) atoms. The summed E-state index contributed by atoms with van der Waals surface area (Å²) in [5.41, 5.74) is 5.65. The number of aryl methyl sites for hydroxylation is 1. The molecular weight excluding hydrogens is 500 g/mol. The molecule has 5 rings (SSSR count). The van der Waals surface area contributed by atoms with E-state index in [0.29, 0.717) is 18.7 Å². The number of nitrogens with zero attached hydrogens (tertiary/aromatic N) is 4. The number of rotatable bonds is 5. The van der Waals surface area contributed by atoms with Gasteiger partial charge in [0.15, 0.2) is 0 Å². The van der Waals surface area contributed by atoms with Crippen molar-refractivity contribution in [1.82, 2.24) is 14.4 Å². The second-order valence-corrected chi connectivity index (χ2v) is 10.1. The van der Waals surface area contributed by atoms with Gasteiger partial charge in [-0.15, -0.1) is 12.8 Å². The molecule has 2 aliphatic heterocycles. The molecule has 2 amide bonds. The molecule has 3 heterocycles. The maximum Gasteiger partial charge on any atom is 0.254 e. The fourth-order valence-corrected chi connectivity index (χ4v) is 6.07. The first-order valence-electron chi connectivity index (χ1n) is 13.5. The molecule has 0 N–H and O–H groups in total. The molecule has 3 aromatic rings. The summed E-state index contributed by atoms with van der Waals surface area (Å²) in [6.07, 6.45) is 14.2. The van der Waals surface area contributed by atoms with E-state index in [0.717, 1.165) is 46.9 Å². The summed E-state index contributed by atoms with van der Waals surface area (Å²) >= 11 is 0. The Morgan fingerprint density at radius 2 is 1.62 bits per heavy atom. The highest BCUT2D eigenvalue weighted by atomic mass is 16.5. The van der Waals surface area contributed by atoms with Gasteiger partial charge >= 0.3 is 0 Å². The number of allylic oxidation sites excluding steroid dienone is 1. The number of benzene rings is 2. The number of piperazine rings is 1. The van der Waals surface area contributed by atoms with Gasteiger partial charge in [-0.1, -0.05) is 36.4 Å². The average Bonchev–Trinajstić information content (AvgIpc) is 3.28. The smallest absolute Gasteiger partial charge is 0.254 e. The highest BCUT2D eigenvalue weighted by molar-refractivity contribution is 6.01. The SMILES string of the molecule is C#C.C/C=C\c1c(C)c(C2C(C(=O)N3CCN(c4ccccc4OC)CC3)c3ccccc3C(=O)N2C)cn1C. The van der Waals surface area contributed by atoms with Gasteiger partial charge in [0.05, 0.1) is 24.8 Å². The Morgan fingerprint density at radius 1 is 0.975 bits per heavy atom. The van der Waals surface area contributed by atoms with Crippen molar-refractivity contribution in [2.24, 2.45) is 7.05 Å². The van der Waals surface area contributed by atoms with Crippen LogP contribution in [0, 0.1) is 19.8 Å². The molecule has 0 saturated carbocycles. The van der Waals surface area contributed by atoms with Crippen LogP contribution in [-0.4, -0.2) is 66.5 Å². The first-order chi connectivity index (χ1) is 19.4. The number of amides is 2. The van der Waals surface area contributed by atoms with Crippen LogP contribution in [0.4, 0.5) is 5.69 Å². The highest BCUT2D eigenvalue weighted by Gasteiger charge is 2.45. The largest absolute Gasteiger partial charge is 0.495 e. The lowest BCUT2D eigenvalue weighted by Crippen LogP contribution is -2.53. The van der Waals surface area contributed by atoms with Crippen LogP contribution in [0.1, 0.15) is 51.6 Å². The third kappa shape index (κ3) is 4.98. The lowest BCUT2D eigenvalue weighted by atomic mass is 9.78. The first kappa shape index (κ1) is 28.6. The Labute approximate surface area is 237 Å². The van der Waals surface area contributed by atoms with E-state index >= 15 is 0 Å². The fourth-order valence-electron chi connectivity index (χ4n) is 6.07. The Kier molecular flexibility index (Phi) is 8.69. The van der Waals surface area contributed by atoms with Gasteiger partial charge in [0, 0.05) is 57.7 Å². The first-order valence-corrected chi connectivity index (χ1v) is 13.5. The third-order valence-corrected chi connectivity index (χ3v) is 8.04. The lowest BCUT2D eigenvalue weighted by molar-refractivity contribution is -0.134. The molecule has 1 saturated heterocycles. The molecule has 2 unspecified atom stereocenters. The number of hydrogen-bond donors (Lipinski definition) is 0. The van der Waals surface area contributed by atoms with Gasteiger partial charge in [-0.2, -0.15) is 0 Å². The number of fused-ring (bicyclic) bond motifs is 1. The number of hydrogen-bond acceptors (Lipinski definition) is 4. The molecule has 1 aromatic heterocycles. The number of anilines is 1. The minimum absolute atomic E-state index is 0.0496. The number of methoxy groups -OCH3 is 1. The van der Waals surface area contributed by atoms with Gasteiger partial charge in [-0.05, 0) is 54.8 Å². The monoisotopic (exact) mass is 538 g/mol. The van der Waals surface area contributed by atoms with Gasteiger partial charge in [-0.3, -0.25) is 9.59 Å². The number of ether oxygens (including phenoxy) is 1. The number of para-hydroxylation sites is 2. The van der Waals surface area contributed by atoms with Crippen molar-refractivity contribution in [2.75, 3.05) is 45.2 Å². The lowest BCUT2D eigenvalue weighted by Gasteiger charge is -2.43. The van der Waals surface area contributed by atoms with Crippen LogP contribution in [-0.2, 0) is 11.8 Å². The zero-order valence-corrected chi connectivity index (χ0v) is 24.0. The maximum absolute atomic E-state index is 14.4. The Bertz CT molecular complexity index is 1430. The molecule has 1 fully saturated rings. The van der Waals surface area contributed by atoms with Crippen molar-refractivity contribution in [3.63, 3.8) is 0 Å². The molecule has 0 radical (unpaired) electrons. The van der Waals surface area contributed by atoms with E-state index in [9.17, 15) is 9.59 Å². The number of carbonyl (C=O) groups excluding carboxylic acids is 2. The summed E-state index contributed by atoms with van der Waals surface area (Å²) in [7, 11) is 5.52. The summed E-state index contributed by atoms with van der Waals surface area (Å²) in [5, 5.41) is 0. The summed E-state index contributed by atoms with van der Waals surface area (Å²) in [6, 6.07) is 15.2. The van der Waals surface area contributed by atoms with Gasteiger partial charge in [-0.25, -0.2) is 0 Å². The minimum atomic E-state index is -0.480. The molecule has 0 spiro atoms. The van der Waals surface area contributed by atoms with Crippen LogP contribution < -0.4 is 9.64 Å². The van der Waals surface area contributed by atoms with E-state index in [1.807, 2.05) is 74.5 Å². The van der Waals surface area contributed by atoms with Crippen molar-refractivity contribution in [3.8, 4) is 18.6 Å². The number of terminal acetylenes is 1. The quantitative estimate of drug-likeness (QED) is 0.435. The van der Waals surface area contributed by atoms with Crippen LogP contribution in [0.5, 0.6) is 5.75 Å². The molecule has 208 valence electrons. The van der Waals surface area contributed by atoms with Crippen molar-refractivity contribution in [3.05, 3.63) is 88.8 Å². The molecule has 0 aliphatic carbocycles. The summed E-state index contributed by atoms with van der Waals surface area (Å²) in [6.45, 7) is 6.73. The van der Waals surface area contributed by atoms with Crippen molar-refractivity contribution in [2.45, 2.75) is 25.8 Å². The van der Waals surface area contributed by atoms with Crippen LogP contribution in [0.3, 0.4) is 0 Å². The van der Waals surface area contributed by atoms with Gasteiger partial charge in [0.1, 0.15) is 5.75 Å². The van der Waals surface area contributed by atoms with Crippen molar-refractivity contribution >= 4 is 23.6 Å². The molecular formula is C33H38N4O3. The van der Waals surface area contributed by atoms with Gasteiger partial charge < -0.3 is 24.0 Å². The molecule has 7 heteroatoms. The van der Waals surface area contributed by atoms with E-state index in [-0.39, 0.29) is 17.9 Å². The fraction of sp³-hybridized carbons (Fsp3) is 0.333. The number of likely N-dealkylation sites (N-methyl/N-ethyl adjacent to an activating group) is 1. The zero-order valence-electron chi connectivity index (χ0n) is 24.0. The second-order valence-electron chi connectivity index (χ2n) is 10.1. The van der Waals surface area contributed by atoms with E-state index < -0.39 is 5.92 Å². The zero-order chi connectivity index (χ0) is 29.0. The predicted octanol–water partition coefficient (Wildman–Crippen LogP) is 4.88. The molecule has 0 bridgehead atoms. The van der Waals surface area contributed by atoms with E-state index in [4.69, 9.17) is 4.74 Å².